The molecule has 3 aromatic carbocycles. The molecule has 0 atom stereocenters. The molecule has 5 nitrogen and oxygen atoms in total. The summed E-state index contributed by atoms with van der Waals surface area (Å²) in [4.78, 5) is 12.4. The Bertz CT molecular complexity index is 1010. The lowest BCUT2D eigenvalue weighted by Crippen LogP contribution is -2.21. The van der Waals surface area contributed by atoms with Gasteiger partial charge in [-0.2, -0.15) is 5.10 Å². The van der Waals surface area contributed by atoms with Crippen molar-refractivity contribution in [3.8, 4) is 5.69 Å². The first-order valence-corrected chi connectivity index (χ1v) is 9.42. The first-order valence-electron chi connectivity index (χ1n) is 9.42. The van der Waals surface area contributed by atoms with Crippen LogP contribution in [0.1, 0.15) is 17.2 Å². The lowest BCUT2D eigenvalue weighted by Gasteiger charge is -2.18. The molecule has 5 heteroatoms. The molecule has 0 unspecified atom stereocenters. The van der Waals surface area contributed by atoms with E-state index in [1.165, 1.54) is 0 Å². The first-order chi connectivity index (χ1) is 14.3. The van der Waals surface area contributed by atoms with Gasteiger partial charge in [0.15, 0.2) is 5.82 Å². The van der Waals surface area contributed by atoms with Gasteiger partial charge in [0.05, 0.1) is 5.69 Å². The predicted octanol–water partition coefficient (Wildman–Crippen LogP) is 4.62. The van der Waals surface area contributed by atoms with Crippen LogP contribution in [-0.4, -0.2) is 22.3 Å². The van der Waals surface area contributed by atoms with E-state index in [-0.39, 0.29) is 18.6 Å². The Kier molecular flexibility index (Phi) is 5.78. The van der Waals surface area contributed by atoms with Crippen LogP contribution in [0.4, 0.5) is 5.82 Å². The second kappa shape index (κ2) is 8.99. The maximum Gasteiger partial charge on any atom is 0.251 e. The molecule has 0 saturated heterocycles. The van der Waals surface area contributed by atoms with Crippen molar-refractivity contribution in [3.63, 3.8) is 0 Å². The topological polar surface area (TPSA) is 56.1 Å². The molecule has 0 radical (unpaired) electrons. The molecular formula is C24H21N3O2. The number of aromatic nitrogens is 2. The van der Waals surface area contributed by atoms with E-state index >= 15 is 0 Å². The van der Waals surface area contributed by atoms with E-state index in [0.717, 1.165) is 16.8 Å². The molecule has 1 N–H and O–H groups in total. The molecule has 4 rings (SSSR count). The van der Waals surface area contributed by atoms with Crippen molar-refractivity contribution in [2.24, 2.45) is 0 Å². The fraction of sp³-hybridized carbons (Fsp3) is 0.0833. The van der Waals surface area contributed by atoms with Crippen LogP contribution in [0.25, 0.3) is 5.69 Å². The van der Waals surface area contributed by atoms with Gasteiger partial charge in [-0.1, -0.05) is 78.9 Å². The smallest absolute Gasteiger partial charge is 0.251 e. The van der Waals surface area contributed by atoms with Gasteiger partial charge in [0.1, 0.15) is 12.7 Å². The minimum atomic E-state index is -0.315. The third-order valence-electron chi connectivity index (χ3n) is 4.46. The maximum atomic E-state index is 12.4. The Hall–Kier alpha value is -3.70. The van der Waals surface area contributed by atoms with E-state index < -0.39 is 0 Å². The Morgan fingerprint density at radius 1 is 0.828 bits per heavy atom. The van der Waals surface area contributed by atoms with E-state index in [9.17, 15) is 4.79 Å². The Morgan fingerprint density at radius 3 is 1.97 bits per heavy atom. The number of hydrogen-bond acceptors (Lipinski definition) is 3. The quantitative estimate of drug-likeness (QED) is 0.507. The molecular weight excluding hydrogens is 362 g/mol. The number of nitrogens with zero attached hydrogens (tertiary/aromatic N) is 2. The van der Waals surface area contributed by atoms with E-state index in [2.05, 4.69) is 10.4 Å². The zero-order valence-corrected chi connectivity index (χ0v) is 15.8. The first kappa shape index (κ1) is 18.7. The van der Waals surface area contributed by atoms with Crippen LogP contribution in [0.15, 0.2) is 103 Å². The molecule has 0 aliphatic heterocycles. The van der Waals surface area contributed by atoms with Gasteiger partial charge in [-0.25, -0.2) is 4.68 Å². The van der Waals surface area contributed by atoms with E-state index in [1.807, 2.05) is 97.2 Å². The van der Waals surface area contributed by atoms with Gasteiger partial charge in [0.25, 0.3) is 5.91 Å². The summed E-state index contributed by atoms with van der Waals surface area (Å²) in [5.41, 5.74) is 2.93. The fourth-order valence-electron chi connectivity index (χ4n) is 3.09. The van der Waals surface area contributed by atoms with Gasteiger partial charge in [-0.05, 0) is 23.3 Å². The number of hydrogen-bond donors (Lipinski definition) is 1. The molecule has 4 aromatic rings. The maximum absolute atomic E-state index is 12.4. The van der Waals surface area contributed by atoms with Crippen LogP contribution in [0.3, 0.4) is 0 Å². The molecule has 144 valence electrons. The van der Waals surface area contributed by atoms with Crippen molar-refractivity contribution in [2.75, 3.05) is 11.9 Å². The molecule has 0 saturated carbocycles. The van der Waals surface area contributed by atoms with Crippen molar-refractivity contribution >= 4 is 11.7 Å². The molecule has 0 aliphatic rings. The summed E-state index contributed by atoms with van der Waals surface area (Å²) in [5, 5.41) is 7.19. The molecule has 1 aromatic heterocycles. The van der Waals surface area contributed by atoms with Crippen LogP contribution >= 0.6 is 0 Å². The minimum absolute atomic E-state index is 0.0767. The zero-order chi connectivity index (χ0) is 19.9. The number of carbonyl (C=O) groups is 1. The summed E-state index contributed by atoms with van der Waals surface area (Å²) in [5.74, 6) is 0.235. The van der Waals surface area contributed by atoms with E-state index in [4.69, 9.17) is 4.74 Å². The third kappa shape index (κ3) is 4.78. The van der Waals surface area contributed by atoms with Gasteiger partial charge < -0.3 is 10.1 Å². The summed E-state index contributed by atoms with van der Waals surface area (Å²) in [7, 11) is 0. The average Bonchev–Trinajstić information content (AvgIpc) is 3.24. The Labute approximate surface area is 169 Å². The Balaban J connectivity index is 1.42. The molecule has 1 heterocycles. The van der Waals surface area contributed by atoms with Gasteiger partial charge >= 0.3 is 0 Å². The summed E-state index contributed by atoms with van der Waals surface area (Å²) >= 11 is 0. The van der Waals surface area contributed by atoms with Crippen LogP contribution in [0.5, 0.6) is 0 Å². The van der Waals surface area contributed by atoms with Gasteiger partial charge in [-0.15, -0.1) is 0 Å². The minimum Gasteiger partial charge on any atom is -0.359 e. The number of ether oxygens (including phenoxy) is 1. The zero-order valence-electron chi connectivity index (χ0n) is 15.8. The number of carbonyl (C=O) groups excluding carboxylic acids is 1. The lowest BCUT2D eigenvalue weighted by molar-refractivity contribution is -0.121. The summed E-state index contributed by atoms with van der Waals surface area (Å²) in [6.45, 7) is -0.0767. The highest BCUT2D eigenvalue weighted by molar-refractivity contribution is 5.90. The van der Waals surface area contributed by atoms with E-state index in [1.54, 1.807) is 10.7 Å². The van der Waals surface area contributed by atoms with Crippen molar-refractivity contribution in [2.45, 2.75) is 6.10 Å². The summed E-state index contributed by atoms with van der Waals surface area (Å²) in [6.07, 6.45) is 1.49. The van der Waals surface area contributed by atoms with Crippen LogP contribution < -0.4 is 5.32 Å². The SMILES string of the molecule is O=C(COC(c1ccccc1)c1ccccc1)Nc1ccn(-c2ccccc2)n1. The molecule has 0 bridgehead atoms. The molecule has 29 heavy (non-hydrogen) atoms. The van der Waals surface area contributed by atoms with Gasteiger partial charge in [0, 0.05) is 12.3 Å². The number of para-hydroxylation sites is 1. The lowest BCUT2D eigenvalue weighted by atomic mass is 10.0. The summed E-state index contributed by atoms with van der Waals surface area (Å²) < 4.78 is 7.71. The number of nitrogens with one attached hydrogen (secondary N) is 1. The largest absolute Gasteiger partial charge is 0.359 e. The summed E-state index contributed by atoms with van der Waals surface area (Å²) in [6, 6.07) is 31.3. The standard InChI is InChI=1S/C24H21N3O2/c28-23(25-22-16-17-27(26-22)21-14-8-3-9-15-21)18-29-24(19-10-4-1-5-11-19)20-12-6-2-7-13-20/h1-17,24H,18H2,(H,25,26,28). The van der Waals surface area contributed by atoms with Crippen LogP contribution in [-0.2, 0) is 9.53 Å². The molecule has 0 spiro atoms. The second-order valence-corrected chi connectivity index (χ2v) is 6.54. The van der Waals surface area contributed by atoms with E-state index in [0.29, 0.717) is 5.82 Å². The number of amides is 1. The van der Waals surface area contributed by atoms with Crippen molar-refractivity contribution in [1.82, 2.24) is 9.78 Å². The highest BCUT2D eigenvalue weighted by Crippen LogP contribution is 2.25. The van der Waals surface area contributed by atoms with Gasteiger partial charge in [-0.3, -0.25) is 4.79 Å². The monoisotopic (exact) mass is 383 g/mol. The van der Waals surface area contributed by atoms with Crippen molar-refractivity contribution < 1.29 is 9.53 Å². The third-order valence-corrected chi connectivity index (χ3v) is 4.46. The molecule has 1 amide bonds. The second-order valence-electron chi connectivity index (χ2n) is 6.54. The van der Waals surface area contributed by atoms with Crippen molar-refractivity contribution in [3.05, 3.63) is 114 Å². The highest BCUT2D eigenvalue weighted by Gasteiger charge is 2.16. The number of anilines is 1. The Morgan fingerprint density at radius 2 is 1.38 bits per heavy atom. The number of benzene rings is 3. The normalized spacial score (nSPS) is 10.8. The van der Waals surface area contributed by atoms with Crippen molar-refractivity contribution in [1.29, 1.82) is 0 Å². The molecule has 0 aliphatic carbocycles. The average molecular weight is 383 g/mol. The van der Waals surface area contributed by atoms with Crippen LogP contribution in [0, 0.1) is 0 Å². The number of rotatable bonds is 7. The highest BCUT2D eigenvalue weighted by atomic mass is 16.5. The van der Waals surface area contributed by atoms with Gasteiger partial charge in [0.2, 0.25) is 0 Å². The molecule has 0 fully saturated rings. The van der Waals surface area contributed by atoms with Crippen LogP contribution in [0.2, 0.25) is 0 Å². The predicted molar refractivity (Wildman–Crippen MR) is 113 cm³/mol. The fourth-order valence-corrected chi connectivity index (χ4v) is 3.09.